The molecule has 2 aromatic rings. The van der Waals surface area contributed by atoms with E-state index in [0.29, 0.717) is 6.54 Å². The second kappa shape index (κ2) is 8.57. The average Bonchev–Trinajstić information content (AvgIpc) is 2.70. The summed E-state index contributed by atoms with van der Waals surface area (Å²) < 4.78 is 0. The maximum absolute atomic E-state index is 12.9. The Morgan fingerprint density at radius 3 is 2.30 bits per heavy atom. The first-order valence-electron chi connectivity index (χ1n) is 9.81. The van der Waals surface area contributed by atoms with Crippen LogP contribution in [0.2, 0.25) is 0 Å². The Labute approximate surface area is 163 Å². The lowest BCUT2D eigenvalue weighted by Crippen LogP contribution is -2.54. The number of hydrogen-bond donors (Lipinski definition) is 0. The zero-order chi connectivity index (χ0) is 19.4. The van der Waals surface area contributed by atoms with Gasteiger partial charge < -0.3 is 9.80 Å². The zero-order valence-corrected chi connectivity index (χ0v) is 17.0. The first kappa shape index (κ1) is 19.4. The number of piperazine rings is 1. The van der Waals surface area contributed by atoms with Crippen LogP contribution in [0.3, 0.4) is 0 Å². The number of rotatable bonds is 5. The summed E-state index contributed by atoms with van der Waals surface area (Å²) in [5.41, 5.74) is 5.12. The third-order valence-corrected chi connectivity index (χ3v) is 5.71. The van der Waals surface area contributed by atoms with Crippen LogP contribution >= 0.6 is 0 Å². The van der Waals surface area contributed by atoms with Crippen molar-refractivity contribution in [2.75, 3.05) is 38.1 Å². The standard InChI is InChI=1S/C23H31N3O/c1-18-10-11-22(16-19(18)2)26-14-12-25(13-15-26)20(3)23(27)24(4)17-21-8-6-5-7-9-21/h5-11,16,20H,12-15,17H2,1-4H3/t20-/m1/s1. The molecule has 0 radical (unpaired) electrons. The van der Waals surface area contributed by atoms with E-state index in [9.17, 15) is 4.79 Å². The maximum atomic E-state index is 12.9. The number of nitrogens with zero attached hydrogens (tertiary/aromatic N) is 3. The molecule has 0 bridgehead atoms. The molecule has 2 aromatic carbocycles. The molecule has 0 aromatic heterocycles. The number of carbonyl (C=O) groups is 1. The van der Waals surface area contributed by atoms with Crippen molar-refractivity contribution in [3.05, 3.63) is 65.2 Å². The fourth-order valence-corrected chi connectivity index (χ4v) is 3.70. The van der Waals surface area contributed by atoms with Gasteiger partial charge in [-0.1, -0.05) is 36.4 Å². The van der Waals surface area contributed by atoms with Crippen molar-refractivity contribution in [3.8, 4) is 0 Å². The molecule has 1 fully saturated rings. The summed E-state index contributed by atoms with van der Waals surface area (Å²) in [7, 11) is 1.90. The SMILES string of the molecule is Cc1ccc(N2CCN([C@H](C)C(=O)N(C)Cc3ccccc3)CC2)cc1C. The van der Waals surface area contributed by atoms with E-state index in [-0.39, 0.29) is 11.9 Å². The Balaban J connectivity index is 1.55. The van der Waals surface area contributed by atoms with Crippen molar-refractivity contribution in [3.63, 3.8) is 0 Å². The minimum atomic E-state index is -0.0828. The summed E-state index contributed by atoms with van der Waals surface area (Å²) in [4.78, 5) is 19.4. The van der Waals surface area contributed by atoms with Crippen molar-refractivity contribution in [2.24, 2.45) is 0 Å². The highest BCUT2D eigenvalue weighted by atomic mass is 16.2. The lowest BCUT2D eigenvalue weighted by molar-refractivity contribution is -0.135. The number of anilines is 1. The van der Waals surface area contributed by atoms with E-state index >= 15 is 0 Å². The summed E-state index contributed by atoms with van der Waals surface area (Å²) in [6.07, 6.45) is 0. The van der Waals surface area contributed by atoms with Gasteiger partial charge in [-0.15, -0.1) is 0 Å². The normalized spacial score (nSPS) is 16.2. The molecule has 4 nitrogen and oxygen atoms in total. The third kappa shape index (κ3) is 4.69. The molecule has 27 heavy (non-hydrogen) atoms. The number of aryl methyl sites for hydroxylation is 2. The Morgan fingerprint density at radius 2 is 1.67 bits per heavy atom. The molecular weight excluding hydrogens is 334 g/mol. The van der Waals surface area contributed by atoms with E-state index in [1.165, 1.54) is 22.4 Å². The van der Waals surface area contributed by atoms with Gasteiger partial charge in [0.1, 0.15) is 0 Å². The molecule has 1 aliphatic rings. The summed E-state index contributed by atoms with van der Waals surface area (Å²) >= 11 is 0. The highest BCUT2D eigenvalue weighted by Crippen LogP contribution is 2.21. The summed E-state index contributed by atoms with van der Waals surface area (Å²) in [5, 5.41) is 0. The number of carbonyl (C=O) groups excluding carboxylic acids is 1. The van der Waals surface area contributed by atoms with Crippen LogP contribution in [-0.2, 0) is 11.3 Å². The summed E-state index contributed by atoms with van der Waals surface area (Å²) in [5.74, 6) is 0.193. The number of likely N-dealkylation sites (N-methyl/N-ethyl adjacent to an activating group) is 1. The predicted molar refractivity (Wildman–Crippen MR) is 112 cm³/mol. The van der Waals surface area contributed by atoms with Crippen molar-refractivity contribution in [1.82, 2.24) is 9.80 Å². The molecule has 4 heteroatoms. The molecule has 0 aliphatic carbocycles. The number of hydrogen-bond acceptors (Lipinski definition) is 3. The fourth-order valence-electron chi connectivity index (χ4n) is 3.70. The molecule has 0 unspecified atom stereocenters. The molecule has 0 saturated carbocycles. The highest BCUT2D eigenvalue weighted by Gasteiger charge is 2.27. The molecule has 1 atom stereocenters. The molecule has 1 saturated heterocycles. The summed E-state index contributed by atoms with van der Waals surface area (Å²) in [6, 6.07) is 16.8. The lowest BCUT2D eigenvalue weighted by atomic mass is 10.1. The maximum Gasteiger partial charge on any atom is 0.239 e. The Bertz CT molecular complexity index is 766. The van der Waals surface area contributed by atoms with Crippen molar-refractivity contribution in [2.45, 2.75) is 33.4 Å². The third-order valence-electron chi connectivity index (χ3n) is 5.71. The van der Waals surface area contributed by atoms with Crippen LogP contribution in [0.5, 0.6) is 0 Å². The minimum absolute atomic E-state index is 0.0828. The van der Waals surface area contributed by atoms with Crippen LogP contribution in [0.15, 0.2) is 48.5 Å². The summed E-state index contributed by atoms with van der Waals surface area (Å²) in [6.45, 7) is 10.8. The fraction of sp³-hybridized carbons (Fsp3) is 0.435. The van der Waals surface area contributed by atoms with Crippen LogP contribution in [0.1, 0.15) is 23.6 Å². The van der Waals surface area contributed by atoms with Gasteiger partial charge >= 0.3 is 0 Å². The Morgan fingerprint density at radius 1 is 1.00 bits per heavy atom. The quantitative estimate of drug-likeness (QED) is 0.812. The first-order valence-corrected chi connectivity index (χ1v) is 9.81. The van der Waals surface area contributed by atoms with Crippen LogP contribution in [0.4, 0.5) is 5.69 Å². The second-order valence-electron chi connectivity index (χ2n) is 7.65. The minimum Gasteiger partial charge on any atom is -0.369 e. The van der Waals surface area contributed by atoms with E-state index in [1.54, 1.807) is 0 Å². The number of amides is 1. The van der Waals surface area contributed by atoms with Gasteiger partial charge in [0.2, 0.25) is 5.91 Å². The molecule has 3 rings (SSSR count). The molecule has 144 valence electrons. The lowest BCUT2D eigenvalue weighted by Gasteiger charge is -2.39. The number of benzene rings is 2. The van der Waals surface area contributed by atoms with E-state index in [0.717, 1.165) is 26.2 Å². The monoisotopic (exact) mass is 365 g/mol. The van der Waals surface area contributed by atoms with Gasteiger partial charge in [-0.05, 0) is 49.6 Å². The van der Waals surface area contributed by atoms with Crippen LogP contribution in [-0.4, -0.2) is 55.0 Å². The van der Waals surface area contributed by atoms with Gasteiger partial charge in [0.25, 0.3) is 0 Å². The second-order valence-corrected chi connectivity index (χ2v) is 7.65. The van der Waals surface area contributed by atoms with E-state index in [1.807, 2.05) is 37.1 Å². The Kier molecular flexibility index (Phi) is 6.17. The van der Waals surface area contributed by atoms with Gasteiger partial charge in [0, 0.05) is 45.5 Å². The molecule has 1 amide bonds. The molecule has 1 aliphatic heterocycles. The molecule has 0 N–H and O–H groups in total. The molecular formula is C23H31N3O. The smallest absolute Gasteiger partial charge is 0.239 e. The largest absolute Gasteiger partial charge is 0.369 e. The predicted octanol–water partition coefficient (Wildman–Crippen LogP) is 3.47. The van der Waals surface area contributed by atoms with Gasteiger partial charge in [-0.3, -0.25) is 9.69 Å². The van der Waals surface area contributed by atoms with Crippen molar-refractivity contribution >= 4 is 11.6 Å². The van der Waals surface area contributed by atoms with Crippen LogP contribution in [0.25, 0.3) is 0 Å². The van der Waals surface area contributed by atoms with Crippen molar-refractivity contribution < 1.29 is 4.79 Å². The van der Waals surface area contributed by atoms with Gasteiger partial charge in [0.15, 0.2) is 0 Å². The van der Waals surface area contributed by atoms with Gasteiger partial charge in [-0.25, -0.2) is 0 Å². The zero-order valence-electron chi connectivity index (χ0n) is 17.0. The first-order chi connectivity index (χ1) is 13.0. The van der Waals surface area contributed by atoms with Crippen molar-refractivity contribution in [1.29, 1.82) is 0 Å². The molecule has 0 spiro atoms. The van der Waals surface area contributed by atoms with E-state index in [4.69, 9.17) is 0 Å². The van der Waals surface area contributed by atoms with Crippen LogP contribution in [0, 0.1) is 13.8 Å². The highest BCUT2D eigenvalue weighted by molar-refractivity contribution is 5.81. The average molecular weight is 366 g/mol. The van der Waals surface area contributed by atoms with E-state index in [2.05, 4.69) is 54.0 Å². The molecule has 1 heterocycles. The topological polar surface area (TPSA) is 26.8 Å². The van der Waals surface area contributed by atoms with Gasteiger partial charge in [-0.2, -0.15) is 0 Å². The van der Waals surface area contributed by atoms with E-state index < -0.39 is 0 Å². The van der Waals surface area contributed by atoms with Gasteiger partial charge in [0.05, 0.1) is 6.04 Å². The Hall–Kier alpha value is -2.33. The van der Waals surface area contributed by atoms with Crippen LogP contribution < -0.4 is 4.90 Å².